The van der Waals surface area contributed by atoms with E-state index in [1.54, 1.807) is 32.5 Å². The van der Waals surface area contributed by atoms with Gasteiger partial charge in [0.25, 0.3) is 0 Å². The molecule has 0 aromatic carbocycles. The molecule has 0 radical (unpaired) electrons. The number of alkyl carbamates (subject to hydrolysis) is 1. The highest BCUT2D eigenvalue weighted by Crippen LogP contribution is 2.30. The number of aromatic nitrogens is 1. The van der Waals surface area contributed by atoms with Gasteiger partial charge in [0.15, 0.2) is 0 Å². The minimum absolute atomic E-state index is 0.0225. The number of esters is 1. The summed E-state index contributed by atoms with van der Waals surface area (Å²) >= 11 is 4.78. The highest BCUT2D eigenvalue weighted by atomic mass is 79.9. The second kappa shape index (κ2) is 8.44. The Balaban J connectivity index is 3.02. The molecule has 1 rings (SSSR count). The molecule has 1 amide bonds. The number of thioether (sulfide) groups is 1. The zero-order chi connectivity index (χ0) is 19.4. The molecule has 1 aromatic rings. The fourth-order valence-electron chi connectivity index (χ4n) is 1.65. The number of amides is 1. The molecule has 0 spiro atoms. The van der Waals surface area contributed by atoms with E-state index in [0.717, 1.165) is 0 Å². The fraction of sp³-hybridized carbons (Fsp3) is 0.688. The second-order valence-electron chi connectivity index (χ2n) is 7.29. The van der Waals surface area contributed by atoms with Gasteiger partial charge in [0, 0.05) is 10.5 Å². The Hall–Kier alpha value is -1.22. The lowest BCUT2D eigenvalue weighted by molar-refractivity contribution is 0.0501. The highest BCUT2D eigenvalue weighted by molar-refractivity contribution is 9.10. The number of methoxy groups -OCH3 is 1. The van der Waals surface area contributed by atoms with Gasteiger partial charge in [0.2, 0.25) is 16.3 Å². The summed E-state index contributed by atoms with van der Waals surface area (Å²) in [6.45, 7) is 11.5. The standard InChI is InChI=1S/C16H25BrN2O5S/c1-15(2,3)24-14(21)18-9(8-25-16(4,5)6)12-19-10(11(17)23-12)13(20)22-7/h9H,8H2,1-7H3,(H,18,21)/t9-/m0/s1. The molecule has 0 fully saturated rings. The van der Waals surface area contributed by atoms with Crippen molar-refractivity contribution in [1.29, 1.82) is 0 Å². The van der Waals surface area contributed by atoms with E-state index >= 15 is 0 Å². The molecule has 1 aromatic heterocycles. The van der Waals surface area contributed by atoms with Crippen LogP contribution in [0.5, 0.6) is 0 Å². The van der Waals surface area contributed by atoms with Gasteiger partial charge >= 0.3 is 12.1 Å². The summed E-state index contributed by atoms with van der Waals surface area (Å²) in [4.78, 5) is 28.0. The van der Waals surface area contributed by atoms with Crippen LogP contribution >= 0.6 is 27.7 Å². The van der Waals surface area contributed by atoms with Crippen molar-refractivity contribution in [2.75, 3.05) is 12.9 Å². The zero-order valence-corrected chi connectivity index (χ0v) is 18.0. The number of ether oxygens (including phenoxy) is 2. The highest BCUT2D eigenvalue weighted by Gasteiger charge is 2.28. The number of nitrogens with zero attached hydrogens (tertiary/aromatic N) is 1. The zero-order valence-electron chi connectivity index (χ0n) is 15.6. The molecular weight excluding hydrogens is 412 g/mol. The maximum Gasteiger partial charge on any atom is 0.408 e. The average molecular weight is 437 g/mol. The van der Waals surface area contributed by atoms with E-state index in [9.17, 15) is 9.59 Å². The van der Waals surface area contributed by atoms with Gasteiger partial charge in [-0.3, -0.25) is 0 Å². The van der Waals surface area contributed by atoms with Crippen molar-refractivity contribution in [1.82, 2.24) is 10.3 Å². The van der Waals surface area contributed by atoms with Gasteiger partial charge in [0.1, 0.15) is 11.6 Å². The van der Waals surface area contributed by atoms with E-state index in [1.165, 1.54) is 7.11 Å². The second-order valence-corrected chi connectivity index (χ2v) is 9.86. The Bertz CT molecular complexity index is 619. The lowest BCUT2D eigenvalue weighted by atomic mass is 10.2. The van der Waals surface area contributed by atoms with E-state index < -0.39 is 23.7 Å². The Labute approximate surface area is 160 Å². The van der Waals surface area contributed by atoms with Crippen molar-refractivity contribution in [2.45, 2.75) is 57.9 Å². The fourth-order valence-corrected chi connectivity index (χ4v) is 2.96. The minimum atomic E-state index is -0.625. The van der Waals surface area contributed by atoms with E-state index in [0.29, 0.717) is 5.75 Å². The number of oxazole rings is 1. The average Bonchev–Trinajstić information content (AvgIpc) is 2.81. The van der Waals surface area contributed by atoms with Crippen LogP contribution in [0.25, 0.3) is 0 Å². The number of hydrogen-bond acceptors (Lipinski definition) is 7. The molecule has 9 heteroatoms. The third-order valence-electron chi connectivity index (χ3n) is 2.65. The van der Waals surface area contributed by atoms with Crippen molar-refractivity contribution < 1.29 is 23.5 Å². The van der Waals surface area contributed by atoms with Gasteiger partial charge in [-0.15, -0.1) is 0 Å². The molecule has 0 aliphatic carbocycles. The molecule has 0 saturated carbocycles. The quantitative estimate of drug-likeness (QED) is 0.686. The third-order valence-corrected chi connectivity index (χ3v) is 4.56. The van der Waals surface area contributed by atoms with Crippen LogP contribution in [0.4, 0.5) is 4.79 Å². The molecule has 0 saturated heterocycles. The van der Waals surface area contributed by atoms with Crippen LogP contribution in [0.15, 0.2) is 9.09 Å². The smallest absolute Gasteiger partial charge is 0.408 e. The molecule has 0 aliphatic heterocycles. The first kappa shape index (κ1) is 21.8. The molecule has 0 bridgehead atoms. The number of carbonyl (C=O) groups excluding carboxylic acids is 2. The maximum absolute atomic E-state index is 12.1. The van der Waals surface area contributed by atoms with Crippen LogP contribution < -0.4 is 5.32 Å². The summed E-state index contributed by atoms with van der Waals surface area (Å²) in [5.74, 6) is 0.0762. The van der Waals surface area contributed by atoms with Crippen molar-refractivity contribution in [3.05, 3.63) is 16.3 Å². The van der Waals surface area contributed by atoms with Gasteiger partial charge in [0.05, 0.1) is 7.11 Å². The predicted molar refractivity (Wildman–Crippen MR) is 99.9 cm³/mol. The predicted octanol–water partition coefficient (Wildman–Crippen LogP) is 4.32. The Kier molecular flexibility index (Phi) is 7.37. The van der Waals surface area contributed by atoms with E-state index in [2.05, 4.69) is 51.7 Å². The van der Waals surface area contributed by atoms with Crippen LogP contribution in [-0.4, -0.2) is 40.3 Å². The lowest BCUT2D eigenvalue weighted by Gasteiger charge is -2.24. The van der Waals surface area contributed by atoms with Crippen LogP contribution in [0.3, 0.4) is 0 Å². The van der Waals surface area contributed by atoms with Crippen molar-refractivity contribution in [2.24, 2.45) is 0 Å². The largest absolute Gasteiger partial charge is 0.464 e. The van der Waals surface area contributed by atoms with Gasteiger partial charge in [-0.1, -0.05) is 20.8 Å². The van der Waals surface area contributed by atoms with Crippen LogP contribution in [0, 0.1) is 0 Å². The Morgan fingerprint density at radius 2 is 1.88 bits per heavy atom. The first-order valence-corrected chi connectivity index (χ1v) is 9.48. The van der Waals surface area contributed by atoms with Gasteiger partial charge < -0.3 is 19.2 Å². The van der Waals surface area contributed by atoms with Gasteiger partial charge in [-0.05, 0) is 36.7 Å². The van der Waals surface area contributed by atoms with Crippen molar-refractivity contribution in [3.8, 4) is 0 Å². The summed E-state index contributed by atoms with van der Waals surface area (Å²) in [5.41, 5.74) is -0.602. The molecule has 1 N–H and O–H groups in total. The Morgan fingerprint density at radius 3 is 2.36 bits per heavy atom. The molecule has 0 unspecified atom stereocenters. The monoisotopic (exact) mass is 436 g/mol. The summed E-state index contributed by atoms with van der Waals surface area (Å²) in [7, 11) is 1.26. The lowest BCUT2D eigenvalue weighted by Crippen LogP contribution is -2.36. The van der Waals surface area contributed by atoms with Gasteiger partial charge in [-0.2, -0.15) is 11.8 Å². The Morgan fingerprint density at radius 1 is 1.28 bits per heavy atom. The SMILES string of the molecule is COC(=O)c1nc([C@H](CSC(C)(C)C)NC(=O)OC(C)(C)C)oc1Br. The number of rotatable bonds is 5. The molecule has 1 heterocycles. The first-order valence-electron chi connectivity index (χ1n) is 7.70. The van der Waals surface area contributed by atoms with E-state index in [4.69, 9.17) is 9.15 Å². The summed E-state index contributed by atoms with van der Waals surface area (Å²) in [6.07, 6.45) is -0.582. The topological polar surface area (TPSA) is 90.7 Å². The van der Waals surface area contributed by atoms with E-state index in [-0.39, 0.29) is 21.0 Å². The molecule has 7 nitrogen and oxygen atoms in total. The number of carbonyl (C=O) groups is 2. The van der Waals surface area contributed by atoms with Crippen LogP contribution in [-0.2, 0) is 9.47 Å². The number of hydrogen-bond donors (Lipinski definition) is 1. The summed E-state index contributed by atoms with van der Waals surface area (Å²) < 4.78 is 15.6. The summed E-state index contributed by atoms with van der Waals surface area (Å²) in [5, 5.41) is 2.75. The maximum atomic E-state index is 12.1. The van der Waals surface area contributed by atoms with E-state index in [1.807, 2.05) is 0 Å². The molecule has 25 heavy (non-hydrogen) atoms. The van der Waals surface area contributed by atoms with Gasteiger partial charge in [-0.25, -0.2) is 14.6 Å². The normalized spacial score (nSPS) is 13.3. The molecule has 0 aliphatic rings. The number of nitrogens with one attached hydrogen (secondary N) is 1. The van der Waals surface area contributed by atoms with Crippen molar-refractivity contribution in [3.63, 3.8) is 0 Å². The summed E-state index contributed by atoms with van der Waals surface area (Å²) in [6, 6.07) is -0.561. The molecule has 1 atom stereocenters. The molecule has 142 valence electrons. The molecular formula is C16H25BrN2O5S. The third kappa shape index (κ3) is 7.68. The first-order chi connectivity index (χ1) is 11.3. The van der Waals surface area contributed by atoms with Crippen LogP contribution in [0.2, 0.25) is 0 Å². The van der Waals surface area contributed by atoms with Crippen LogP contribution in [0.1, 0.15) is 64.0 Å². The van der Waals surface area contributed by atoms with Crippen molar-refractivity contribution >= 4 is 39.8 Å². The number of halogens is 1. The minimum Gasteiger partial charge on any atom is -0.464 e.